The van der Waals surface area contributed by atoms with Gasteiger partial charge >= 0.3 is 0 Å². The molecular formula is C10H7ClN2OS. The summed E-state index contributed by atoms with van der Waals surface area (Å²) in [6.45, 7) is 0.192. The third kappa shape index (κ3) is 1.84. The minimum absolute atomic E-state index is 0.192. The van der Waals surface area contributed by atoms with Gasteiger partial charge in [-0.2, -0.15) is 0 Å². The maximum atomic E-state index is 5.97. The molecule has 0 aliphatic rings. The van der Waals surface area contributed by atoms with E-state index in [1.165, 1.54) is 11.3 Å². The molecule has 2 aromatic rings. The summed E-state index contributed by atoms with van der Waals surface area (Å²) in [5, 5.41) is 1.05. The Hall–Kier alpha value is -1.44. The Balaban J connectivity index is 2.51. The second-order valence-electron chi connectivity index (χ2n) is 2.79. The number of nitrogens with two attached hydrogens (primary N) is 1. The highest BCUT2D eigenvalue weighted by molar-refractivity contribution is 7.21. The number of nitrogen functional groups attached to an aromatic ring is 1. The third-order valence-corrected chi connectivity index (χ3v) is 3.11. The topological polar surface area (TPSA) is 48.1 Å². The fraction of sp³-hybridized carbons (Fsp3) is 0.100. The molecule has 0 bridgehead atoms. The maximum absolute atomic E-state index is 5.97. The number of rotatable bonds is 2. The lowest BCUT2D eigenvalue weighted by atomic mass is 10.3. The number of ether oxygens (including phenoxy) is 1. The van der Waals surface area contributed by atoms with Gasteiger partial charge in [0.2, 0.25) is 0 Å². The Labute approximate surface area is 95.8 Å². The molecule has 0 unspecified atom stereocenters. The maximum Gasteiger partial charge on any atom is 0.275 e. The number of thiazole rings is 1. The van der Waals surface area contributed by atoms with Crippen LogP contribution in [-0.2, 0) is 0 Å². The summed E-state index contributed by atoms with van der Waals surface area (Å²) in [6.07, 6.45) is 5.08. The van der Waals surface area contributed by atoms with E-state index in [0.29, 0.717) is 21.4 Å². The molecule has 1 aromatic heterocycles. The van der Waals surface area contributed by atoms with Gasteiger partial charge < -0.3 is 10.5 Å². The summed E-state index contributed by atoms with van der Waals surface area (Å²) in [5.41, 5.74) is 7.08. The number of halogens is 1. The van der Waals surface area contributed by atoms with Crippen LogP contribution in [0.3, 0.4) is 0 Å². The van der Waals surface area contributed by atoms with E-state index in [0.717, 1.165) is 4.70 Å². The first-order chi connectivity index (χ1) is 7.22. The van der Waals surface area contributed by atoms with Gasteiger partial charge in [0, 0.05) is 0 Å². The zero-order valence-electron chi connectivity index (χ0n) is 7.66. The van der Waals surface area contributed by atoms with Crippen molar-refractivity contribution in [3.05, 3.63) is 17.2 Å². The van der Waals surface area contributed by atoms with Crippen molar-refractivity contribution in [2.75, 3.05) is 12.3 Å². The molecule has 76 valence electrons. The highest BCUT2D eigenvalue weighted by Gasteiger charge is 2.10. The first-order valence-electron chi connectivity index (χ1n) is 4.13. The average Bonchev–Trinajstić information content (AvgIpc) is 2.66. The molecule has 2 N–H and O–H groups in total. The molecule has 5 heteroatoms. The van der Waals surface area contributed by atoms with Crippen LogP contribution in [0, 0.1) is 12.3 Å². The van der Waals surface area contributed by atoms with E-state index in [1.54, 1.807) is 12.1 Å². The van der Waals surface area contributed by atoms with E-state index in [2.05, 4.69) is 10.9 Å². The van der Waals surface area contributed by atoms with Crippen LogP contribution in [0.4, 0.5) is 5.69 Å². The van der Waals surface area contributed by atoms with E-state index < -0.39 is 0 Å². The summed E-state index contributed by atoms with van der Waals surface area (Å²) >= 11 is 7.31. The molecule has 2 rings (SSSR count). The molecule has 0 spiro atoms. The highest BCUT2D eigenvalue weighted by Crippen LogP contribution is 2.35. The predicted molar refractivity (Wildman–Crippen MR) is 63.4 cm³/mol. The average molecular weight is 239 g/mol. The SMILES string of the molecule is C#CCOc1nc2c(Cl)ccc(N)c2s1. The number of aromatic nitrogens is 1. The van der Waals surface area contributed by atoms with Crippen molar-refractivity contribution in [2.45, 2.75) is 0 Å². The Morgan fingerprint density at radius 1 is 1.60 bits per heavy atom. The van der Waals surface area contributed by atoms with Gasteiger partial charge in [-0.3, -0.25) is 0 Å². The van der Waals surface area contributed by atoms with Gasteiger partial charge in [0.05, 0.1) is 15.4 Å². The quantitative estimate of drug-likeness (QED) is 0.646. The molecule has 0 saturated heterocycles. The van der Waals surface area contributed by atoms with Crippen LogP contribution < -0.4 is 10.5 Å². The number of nitrogens with zero attached hydrogens (tertiary/aromatic N) is 1. The summed E-state index contributed by atoms with van der Waals surface area (Å²) < 4.78 is 6.04. The first-order valence-corrected chi connectivity index (χ1v) is 5.32. The second kappa shape index (κ2) is 3.97. The van der Waals surface area contributed by atoms with E-state index in [4.69, 9.17) is 28.5 Å². The zero-order valence-corrected chi connectivity index (χ0v) is 9.23. The normalized spacial score (nSPS) is 10.1. The first kappa shape index (κ1) is 10.1. The minimum Gasteiger partial charge on any atom is -0.457 e. The second-order valence-corrected chi connectivity index (χ2v) is 4.16. The number of fused-ring (bicyclic) bond motifs is 1. The third-order valence-electron chi connectivity index (χ3n) is 1.78. The largest absolute Gasteiger partial charge is 0.457 e. The molecule has 0 aliphatic heterocycles. The molecule has 1 heterocycles. The summed E-state index contributed by atoms with van der Waals surface area (Å²) in [7, 11) is 0. The van der Waals surface area contributed by atoms with E-state index in [9.17, 15) is 0 Å². The number of anilines is 1. The number of terminal acetylenes is 1. The molecular weight excluding hydrogens is 232 g/mol. The summed E-state index contributed by atoms with van der Waals surface area (Å²) in [5.74, 6) is 2.37. The fourth-order valence-electron chi connectivity index (χ4n) is 1.14. The van der Waals surface area contributed by atoms with Crippen molar-refractivity contribution in [1.82, 2.24) is 4.98 Å². The lowest BCUT2D eigenvalue weighted by Crippen LogP contribution is -1.91. The molecule has 0 aliphatic carbocycles. The van der Waals surface area contributed by atoms with Crippen molar-refractivity contribution in [2.24, 2.45) is 0 Å². The molecule has 0 fully saturated rings. The van der Waals surface area contributed by atoms with Crippen molar-refractivity contribution in [1.29, 1.82) is 0 Å². The standard InChI is InChI=1S/C10H7ClN2OS/c1-2-5-14-10-13-8-6(11)3-4-7(12)9(8)15-10/h1,3-4H,5,12H2. The highest BCUT2D eigenvalue weighted by atomic mass is 35.5. The number of hydrogen-bond acceptors (Lipinski definition) is 4. The molecule has 0 radical (unpaired) electrons. The molecule has 1 aromatic carbocycles. The Morgan fingerprint density at radius 3 is 3.07 bits per heavy atom. The zero-order chi connectivity index (χ0) is 10.8. The smallest absolute Gasteiger partial charge is 0.275 e. The Kier molecular flexibility index (Phi) is 2.67. The monoisotopic (exact) mass is 238 g/mol. The summed E-state index contributed by atoms with van der Waals surface area (Å²) in [4.78, 5) is 4.20. The van der Waals surface area contributed by atoms with Crippen LogP contribution in [0.25, 0.3) is 10.2 Å². The number of hydrogen-bond donors (Lipinski definition) is 1. The Bertz CT molecular complexity index is 505. The van der Waals surface area contributed by atoms with Gasteiger partial charge in [-0.1, -0.05) is 28.9 Å². The molecule has 3 nitrogen and oxygen atoms in total. The van der Waals surface area contributed by atoms with Gasteiger partial charge in [-0.05, 0) is 12.1 Å². The number of benzene rings is 1. The minimum atomic E-state index is 0.192. The van der Waals surface area contributed by atoms with Gasteiger partial charge in [0.15, 0.2) is 6.61 Å². The molecule has 15 heavy (non-hydrogen) atoms. The van der Waals surface area contributed by atoms with E-state index in [1.807, 2.05) is 0 Å². The predicted octanol–water partition coefficient (Wildman–Crippen LogP) is 2.54. The van der Waals surface area contributed by atoms with Crippen LogP contribution >= 0.6 is 22.9 Å². The van der Waals surface area contributed by atoms with Crippen molar-refractivity contribution in [3.8, 4) is 17.5 Å². The van der Waals surface area contributed by atoms with Crippen molar-refractivity contribution in [3.63, 3.8) is 0 Å². The fourth-order valence-corrected chi connectivity index (χ4v) is 2.26. The molecule has 0 amide bonds. The van der Waals surface area contributed by atoms with Gasteiger partial charge in [0.1, 0.15) is 5.52 Å². The van der Waals surface area contributed by atoms with Crippen LogP contribution in [0.15, 0.2) is 12.1 Å². The van der Waals surface area contributed by atoms with Crippen LogP contribution in [0.5, 0.6) is 5.19 Å². The van der Waals surface area contributed by atoms with E-state index >= 15 is 0 Å². The van der Waals surface area contributed by atoms with E-state index in [-0.39, 0.29) is 6.61 Å². The summed E-state index contributed by atoms with van der Waals surface area (Å²) in [6, 6.07) is 3.46. The molecule has 0 atom stereocenters. The molecule has 0 saturated carbocycles. The van der Waals surface area contributed by atoms with Crippen molar-refractivity contribution < 1.29 is 4.74 Å². The Morgan fingerprint density at radius 2 is 2.40 bits per heavy atom. The lowest BCUT2D eigenvalue weighted by molar-refractivity contribution is 0.369. The van der Waals surface area contributed by atoms with Crippen LogP contribution in [0.2, 0.25) is 5.02 Å². The lowest BCUT2D eigenvalue weighted by Gasteiger charge is -1.94. The van der Waals surface area contributed by atoms with Gasteiger partial charge in [-0.15, -0.1) is 6.42 Å². The van der Waals surface area contributed by atoms with Gasteiger partial charge in [-0.25, -0.2) is 4.98 Å². The van der Waals surface area contributed by atoms with Crippen molar-refractivity contribution >= 4 is 38.8 Å². The van der Waals surface area contributed by atoms with Crippen LogP contribution in [-0.4, -0.2) is 11.6 Å². The van der Waals surface area contributed by atoms with Crippen LogP contribution in [0.1, 0.15) is 0 Å². The van der Waals surface area contributed by atoms with Gasteiger partial charge in [0.25, 0.3) is 5.19 Å².